The van der Waals surface area contributed by atoms with E-state index in [1.165, 1.54) is 6.92 Å². The van der Waals surface area contributed by atoms with Gasteiger partial charge in [-0.1, -0.05) is 30.3 Å². The molecule has 1 aliphatic rings. The third-order valence-corrected chi connectivity index (χ3v) is 4.73. The number of alkyl carbamates (subject to hydrolysis) is 1. The van der Waals surface area contributed by atoms with Crippen LogP contribution in [0.25, 0.3) is 0 Å². The summed E-state index contributed by atoms with van der Waals surface area (Å²) >= 11 is 0. The fraction of sp³-hybridized carbons (Fsp3) is 0.400. The van der Waals surface area contributed by atoms with Gasteiger partial charge in [-0.2, -0.15) is 4.39 Å². The first kappa shape index (κ1) is 23.2. The largest absolute Gasteiger partial charge is 0.461 e. The number of aromatic nitrogens is 2. The van der Waals surface area contributed by atoms with Crippen molar-refractivity contribution >= 4 is 12.1 Å². The number of ether oxygens (including phenoxy) is 3. The van der Waals surface area contributed by atoms with Crippen LogP contribution in [0.5, 0.6) is 0 Å². The Hall–Kier alpha value is -3.51. The lowest BCUT2D eigenvalue weighted by Gasteiger charge is -2.18. The number of H-pyrrole nitrogens is 1. The number of aliphatic hydroxyl groups excluding tert-OH is 1. The third-order valence-electron chi connectivity index (χ3n) is 4.73. The van der Waals surface area contributed by atoms with Crippen LogP contribution < -0.4 is 16.6 Å². The third kappa shape index (κ3) is 5.80. The smallest absolute Gasteiger partial charge is 0.408 e. The number of rotatable bonds is 7. The summed E-state index contributed by atoms with van der Waals surface area (Å²) in [5.41, 5.74) is -1.29. The van der Waals surface area contributed by atoms with Gasteiger partial charge in [0.25, 0.3) is 5.56 Å². The van der Waals surface area contributed by atoms with E-state index < -0.39 is 53.6 Å². The van der Waals surface area contributed by atoms with Gasteiger partial charge in [0.2, 0.25) is 5.82 Å². The average Bonchev–Trinajstić information content (AvgIpc) is 3.14. The minimum Gasteiger partial charge on any atom is -0.461 e. The zero-order chi connectivity index (χ0) is 23.3. The summed E-state index contributed by atoms with van der Waals surface area (Å²) in [5, 5.41) is 12.5. The van der Waals surface area contributed by atoms with Crippen molar-refractivity contribution in [1.29, 1.82) is 0 Å². The van der Waals surface area contributed by atoms with E-state index in [2.05, 4.69) is 5.32 Å². The Kier molecular flexibility index (Phi) is 7.38. The van der Waals surface area contributed by atoms with Crippen molar-refractivity contribution in [3.8, 4) is 0 Å². The molecule has 1 fully saturated rings. The first-order valence-electron chi connectivity index (χ1n) is 9.73. The van der Waals surface area contributed by atoms with Crippen molar-refractivity contribution in [2.24, 2.45) is 0 Å². The molecule has 172 valence electrons. The lowest BCUT2D eigenvalue weighted by atomic mass is 10.2. The zero-order valence-electron chi connectivity index (χ0n) is 17.0. The molecule has 3 N–H and O–H groups in total. The summed E-state index contributed by atoms with van der Waals surface area (Å²) in [6.07, 6.45) is -3.39. The van der Waals surface area contributed by atoms with Gasteiger partial charge in [-0.25, -0.2) is 14.4 Å². The molecule has 0 saturated carbocycles. The first-order valence-corrected chi connectivity index (χ1v) is 9.73. The van der Waals surface area contributed by atoms with Crippen LogP contribution >= 0.6 is 0 Å². The topological polar surface area (TPSA) is 149 Å². The first-order chi connectivity index (χ1) is 15.2. The normalized spacial score (nSPS) is 21.0. The second-order valence-corrected chi connectivity index (χ2v) is 7.13. The molecule has 2 aromatic rings. The minimum atomic E-state index is -1.18. The van der Waals surface area contributed by atoms with Gasteiger partial charge in [-0.3, -0.25) is 14.3 Å². The number of aliphatic hydroxyl groups is 1. The van der Waals surface area contributed by atoms with E-state index in [1.54, 1.807) is 29.2 Å². The predicted octanol–water partition coefficient (Wildman–Crippen LogP) is 0.182. The molecule has 1 saturated heterocycles. The maximum atomic E-state index is 13.5. The maximum absolute atomic E-state index is 13.5. The van der Waals surface area contributed by atoms with Gasteiger partial charge in [0.15, 0.2) is 0 Å². The Bertz CT molecular complexity index is 1070. The zero-order valence-corrected chi connectivity index (χ0v) is 17.0. The molecule has 1 aliphatic heterocycles. The van der Waals surface area contributed by atoms with E-state index in [4.69, 9.17) is 14.2 Å². The van der Waals surface area contributed by atoms with Crippen molar-refractivity contribution in [2.45, 2.75) is 44.4 Å². The number of halogens is 1. The van der Waals surface area contributed by atoms with Crippen LogP contribution in [-0.2, 0) is 25.6 Å². The number of nitrogens with one attached hydrogen (secondary N) is 2. The fourth-order valence-corrected chi connectivity index (χ4v) is 3.00. The number of carbonyl (C=O) groups excluding carboxylic acids is 2. The van der Waals surface area contributed by atoms with Gasteiger partial charge < -0.3 is 24.6 Å². The van der Waals surface area contributed by atoms with Crippen molar-refractivity contribution in [1.82, 2.24) is 14.9 Å². The summed E-state index contributed by atoms with van der Waals surface area (Å²) in [6, 6.07) is 7.94. The van der Waals surface area contributed by atoms with Gasteiger partial charge in [0.05, 0.1) is 12.3 Å². The highest BCUT2D eigenvalue weighted by atomic mass is 19.1. The van der Waals surface area contributed by atoms with Gasteiger partial charge in [-0.15, -0.1) is 0 Å². The summed E-state index contributed by atoms with van der Waals surface area (Å²) in [6.45, 7) is 1.05. The Balaban J connectivity index is 1.46. The predicted molar refractivity (Wildman–Crippen MR) is 106 cm³/mol. The lowest BCUT2D eigenvalue weighted by molar-refractivity contribution is -0.152. The molecule has 2 heterocycles. The lowest BCUT2D eigenvalue weighted by Crippen LogP contribution is -2.41. The van der Waals surface area contributed by atoms with Crippen LogP contribution in [0, 0.1) is 5.82 Å². The Morgan fingerprint density at radius 3 is 2.75 bits per heavy atom. The standard InChI is InChI=1S/C20H22FN3O8/c1-11(22-20(29)31-9-12-5-3-2-4-6-12)18(27)30-10-15-14(25)7-16(32-15)24-8-13(21)17(26)23-19(24)28/h2-6,8,11,14-16,25H,7,9-10H2,1H3,(H,22,29)(H,23,26,28)/t11-,14-,15+,16+/m0/s1. The van der Waals surface area contributed by atoms with E-state index in [1.807, 2.05) is 6.07 Å². The molecule has 0 aliphatic carbocycles. The molecule has 1 aromatic carbocycles. The van der Waals surface area contributed by atoms with E-state index >= 15 is 0 Å². The molecular formula is C20H22FN3O8. The molecule has 12 heteroatoms. The van der Waals surface area contributed by atoms with Crippen LogP contribution in [0.15, 0.2) is 46.1 Å². The molecule has 4 atom stereocenters. The molecular weight excluding hydrogens is 429 g/mol. The molecule has 32 heavy (non-hydrogen) atoms. The number of carbonyl (C=O) groups is 2. The van der Waals surface area contributed by atoms with E-state index in [0.717, 1.165) is 10.1 Å². The number of nitrogens with zero attached hydrogens (tertiary/aromatic N) is 1. The van der Waals surface area contributed by atoms with E-state index in [-0.39, 0.29) is 19.6 Å². The number of aromatic amines is 1. The minimum absolute atomic E-state index is 0.0304. The van der Waals surface area contributed by atoms with Crippen LogP contribution in [0.4, 0.5) is 9.18 Å². The molecule has 3 rings (SSSR count). The average molecular weight is 451 g/mol. The van der Waals surface area contributed by atoms with E-state index in [9.17, 15) is 28.7 Å². The summed E-state index contributed by atoms with van der Waals surface area (Å²) in [7, 11) is 0. The Morgan fingerprint density at radius 2 is 2.03 bits per heavy atom. The Labute approximate surface area is 180 Å². The number of benzene rings is 1. The van der Waals surface area contributed by atoms with Crippen LogP contribution in [0.1, 0.15) is 25.1 Å². The van der Waals surface area contributed by atoms with Gasteiger partial charge in [0.1, 0.15) is 31.6 Å². The SMILES string of the molecule is C[C@H](NC(=O)OCc1ccccc1)C(=O)OC[C@H]1O[C@@H](n2cc(F)c(=O)[nH]c2=O)C[C@@H]1O. The molecule has 11 nitrogen and oxygen atoms in total. The maximum Gasteiger partial charge on any atom is 0.408 e. The molecule has 0 radical (unpaired) electrons. The van der Waals surface area contributed by atoms with Gasteiger partial charge in [0, 0.05) is 6.42 Å². The number of esters is 1. The van der Waals surface area contributed by atoms with Crippen molar-refractivity contribution in [3.63, 3.8) is 0 Å². The van der Waals surface area contributed by atoms with Crippen LogP contribution in [0.3, 0.4) is 0 Å². The molecule has 1 amide bonds. The van der Waals surface area contributed by atoms with Crippen molar-refractivity contribution in [2.75, 3.05) is 6.61 Å². The van der Waals surface area contributed by atoms with Crippen LogP contribution in [-0.4, -0.2) is 51.6 Å². The monoisotopic (exact) mass is 451 g/mol. The van der Waals surface area contributed by atoms with Crippen LogP contribution in [0.2, 0.25) is 0 Å². The Morgan fingerprint density at radius 1 is 1.31 bits per heavy atom. The summed E-state index contributed by atoms with van der Waals surface area (Å²) in [5.74, 6) is -1.98. The summed E-state index contributed by atoms with van der Waals surface area (Å²) < 4.78 is 29.8. The number of amides is 1. The molecule has 0 bridgehead atoms. The molecule has 0 unspecified atom stereocenters. The quantitative estimate of drug-likeness (QED) is 0.505. The highest BCUT2D eigenvalue weighted by Crippen LogP contribution is 2.27. The summed E-state index contributed by atoms with van der Waals surface area (Å²) in [4.78, 5) is 48.7. The van der Waals surface area contributed by atoms with Gasteiger partial charge in [-0.05, 0) is 12.5 Å². The van der Waals surface area contributed by atoms with Crippen molar-refractivity contribution < 1.29 is 33.3 Å². The number of hydrogen-bond donors (Lipinski definition) is 3. The molecule has 0 spiro atoms. The highest BCUT2D eigenvalue weighted by molar-refractivity contribution is 5.80. The highest BCUT2D eigenvalue weighted by Gasteiger charge is 2.37. The fourth-order valence-electron chi connectivity index (χ4n) is 3.00. The van der Waals surface area contributed by atoms with Gasteiger partial charge >= 0.3 is 17.8 Å². The molecule has 1 aromatic heterocycles. The second-order valence-electron chi connectivity index (χ2n) is 7.13. The second kappa shape index (κ2) is 10.2. The van der Waals surface area contributed by atoms with Crippen molar-refractivity contribution in [3.05, 3.63) is 68.7 Å². The number of hydrogen-bond acceptors (Lipinski definition) is 8. The van der Waals surface area contributed by atoms with E-state index in [0.29, 0.717) is 6.20 Å².